The number of alkyl halides is 3. The first-order chi connectivity index (χ1) is 13.8. The lowest BCUT2D eigenvalue weighted by molar-refractivity contribution is -0.146. The average Bonchev–Trinajstić information content (AvgIpc) is 3.12. The maximum absolute atomic E-state index is 12.7. The molecule has 1 saturated heterocycles. The maximum atomic E-state index is 12.7. The van der Waals surface area contributed by atoms with Crippen molar-refractivity contribution in [1.29, 1.82) is 0 Å². The van der Waals surface area contributed by atoms with Gasteiger partial charge >= 0.3 is 6.18 Å². The fourth-order valence-corrected chi connectivity index (χ4v) is 3.54. The summed E-state index contributed by atoms with van der Waals surface area (Å²) in [4.78, 5) is 8.14. The number of likely N-dealkylation sites (tertiary alicyclic amines) is 1. The number of rotatable bonds is 8. The highest BCUT2D eigenvalue weighted by Crippen LogP contribution is 2.30. The van der Waals surface area contributed by atoms with E-state index in [1.165, 1.54) is 12.0 Å². The number of benzene rings is 1. The van der Waals surface area contributed by atoms with Crippen LogP contribution in [0.5, 0.6) is 11.5 Å². The molecule has 164 valence electrons. The van der Waals surface area contributed by atoms with Crippen LogP contribution in [0.2, 0.25) is 0 Å². The van der Waals surface area contributed by atoms with Crippen LogP contribution in [0.3, 0.4) is 0 Å². The predicted octanol–water partition coefficient (Wildman–Crippen LogP) is 3.07. The number of methoxy groups -OCH3 is 1. The lowest BCUT2D eigenvalue weighted by Crippen LogP contribution is -2.41. The number of ether oxygens (including phenoxy) is 1. The lowest BCUT2D eigenvalue weighted by Gasteiger charge is -2.26. The number of guanidine groups is 1. The molecular weight excluding hydrogens is 385 g/mol. The minimum absolute atomic E-state index is 0.0691. The van der Waals surface area contributed by atoms with Crippen molar-refractivity contribution in [3.05, 3.63) is 23.8 Å². The van der Waals surface area contributed by atoms with Gasteiger partial charge in [-0.3, -0.25) is 4.90 Å². The Hall–Kier alpha value is -2.16. The third-order valence-electron chi connectivity index (χ3n) is 4.99. The summed E-state index contributed by atoms with van der Waals surface area (Å²) >= 11 is 0. The van der Waals surface area contributed by atoms with E-state index in [1.54, 1.807) is 25.1 Å². The van der Waals surface area contributed by atoms with E-state index in [4.69, 9.17) is 4.74 Å². The number of aromatic hydroxyl groups is 1. The Labute approximate surface area is 170 Å². The average molecular weight is 416 g/mol. The summed E-state index contributed by atoms with van der Waals surface area (Å²) in [6.45, 7) is 6.00. The van der Waals surface area contributed by atoms with Crippen molar-refractivity contribution in [1.82, 2.24) is 15.1 Å². The molecule has 0 radical (unpaired) electrons. The summed E-state index contributed by atoms with van der Waals surface area (Å²) in [5.74, 6) is 1.33. The molecule has 29 heavy (non-hydrogen) atoms. The second kappa shape index (κ2) is 10.6. The topological polar surface area (TPSA) is 60.3 Å². The van der Waals surface area contributed by atoms with Crippen molar-refractivity contribution in [3.8, 4) is 11.5 Å². The number of aliphatic imine (C=N–C) groups is 1. The Bertz CT molecular complexity index is 682. The van der Waals surface area contributed by atoms with Gasteiger partial charge in [0.15, 0.2) is 17.5 Å². The molecular formula is C20H31F3N4O2. The molecule has 0 spiro atoms. The Morgan fingerprint density at radius 3 is 2.76 bits per heavy atom. The van der Waals surface area contributed by atoms with Crippen molar-refractivity contribution >= 4 is 5.96 Å². The molecule has 0 amide bonds. The Kier molecular flexibility index (Phi) is 8.43. The zero-order valence-electron chi connectivity index (χ0n) is 17.3. The molecule has 6 nitrogen and oxygen atoms in total. The summed E-state index contributed by atoms with van der Waals surface area (Å²) in [7, 11) is 1.49. The van der Waals surface area contributed by atoms with E-state index < -0.39 is 12.7 Å². The van der Waals surface area contributed by atoms with Crippen LogP contribution in [0.15, 0.2) is 23.2 Å². The SMILES string of the molecule is CCNC(=NCc1cccc(OC)c1O)N1CCC(CN(CC)CC(F)(F)F)C1. The molecule has 1 atom stereocenters. The van der Waals surface area contributed by atoms with Crippen molar-refractivity contribution in [2.45, 2.75) is 33.0 Å². The second-order valence-electron chi connectivity index (χ2n) is 7.18. The van der Waals surface area contributed by atoms with Gasteiger partial charge in [0.2, 0.25) is 0 Å². The summed E-state index contributed by atoms with van der Waals surface area (Å²) in [5.41, 5.74) is 0.651. The van der Waals surface area contributed by atoms with Crippen LogP contribution in [-0.2, 0) is 6.54 Å². The van der Waals surface area contributed by atoms with E-state index >= 15 is 0 Å². The molecule has 0 bridgehead atoms. The number of phenols is 1. The van der Waals surface area contributed by atoms with E-state index in [9.17, 15) is 18.3 Å². The second-order valence-corrected chi connectivity index (χ2v) is 7.18. The number of nitrogens with zero attached hydrogens (tertiary/aromatic N) is 3. The normalized spacial score (nSPS) is 17.8. The highest BCUT2D eigenvalue weighted by molar-refractivity contribution is 5.80. The number of halogens is 3. The molecule has 1 fully saturated rings. The van der Waals surface area contributed by atoms with Crippen LogP contribution in [-0.4, -0.2) is 73.4 Å². The molecule has 9 heteroatoms. The summed E-state index contributed by atoms with van der Waals surface area (Å²) in [6.07, 6.45) is -3.35. The van der Waals surface area contributed by atoms with Gasteiger partial charge < -0.3 is 20.1 Å². The fourth-order valence-electron chi connectivity index (χ4n) is 3.54. The molecule has 2 rings (SSSR count). The van der Waals surface area contributed by atoms with E-state index in [0.29, 0.717) is 43.5 Å². The van der Waals surface area contributed by atoms with Gasteiger partial charge in [-0.15, -0.1) is 0 Å². The maximum Gasteiger partial charge on any atom is 0.401 e. The van der Waals surface area contributed by atoms with Crippen molar-refractivity contribution in [2.24, 2.45) is 10.9 Å². The lowest BCUT2D eigenvalue weighted by atomic mass is 10.1. The van der Waals surface area contributed by atoms with Crippen molar-refractivity contribution < 1.29 is 23.0 Å². The summed E-state index contributed by atoms with van der Waals surface area (Å²) < 4.78 is 43.3. The van der Waals surface area contributed by atoms with Gasteiger partial charge in [0.05, 0.1) is 20.2 Å². The van der Waals surface area contributed by atoms with E-state index in [0.717, 1.165) is 13.0 Å². The first kappa shape index (κ1) is 23.1. The Morgan fingerprint density at radius 1 is 1.38 bits per heavy atom. The molecule has 0 aromatic heterocycles. The molecule has 1 aromatic rings. The monoisotopic (exact) mass is 416 g/mol. The largest absolute Gasteiger partial charge is 0.504 e. The van der Waals surface area contributed by atoms with Crippen LogP contribution in [0, 0.1) is 5.92 Å². The highest BCUT2D eigenvalue weighted by atomic mass is 19.4. The summed E-state index contributed by atoms with van der Waals surface area (Å²) in [5, 5.41) is 13.5. The van der Waals surface area contributed by atoms with Crippen molar-refractivity contribution in [2.75, 3.05) is 46.4 Å². The standard InChI is InChI=1S/C20H31F3N4O2/c1-4-24-19(25-11-16-7-6-8-17(29-3)18(16)28)27-10-9-15(13-27)12-26(5-2)14-20(21,22)23/h6-8,15,28H,4-5,9-14H2,1-3H3,(H,24,25). The smallest absolute Gasteiger partial charge is 0.401 e. The Morgan fingerprint density at radius 2 is 2.14 bits per heavy atom. The minimum Gasteiger partial charge on any atom is -0.504 e. The van der Waals surface area contributed by atoms with Crippen LogP contribution in [0.25, 0.3) is 0 Å². The molecule has 2 N–H and O–H groups in total. The van der Waals surface area contributed by atoms with Gasteiger partial charge in [-0.2, -0.15) is 13.2 Å². The molecule has 1 aliphatic rings. The van der Waals surface area contributed by atoms with Crippen LogP contribution < -0.4 is 10.1 Å². The molecule has 0 saturated carbocycles. The first-order valence-electron chi connectivity index (χ1n) is 9.94. The highest BCUT2D eigenvalue weighted by Gasteiger charge is 2.33. The van der Waals surface area contributed by atoms with Crippen molar-refractivity contribution in [3.63, 3.8) is 0 Å². The van der Waals surface area contributed by atoms with E-state index in [-0.39, 0.29) is 18.2 Å². The molecule has 1 heterocycles. The van der Waals surface area contributed by atoms with Gasteiger partial charge in [-0.25, -0.2) is 4.99 Å². The third kappa shape index (κ3) is 6.99. The minimum atomic E-state index is -4.18. The van der Waals surface area contributed by atoms with Gasteiger partial charge in [-0.05, 0) is 31.9 Å². The number of hydrogen-bond donors (Lipinski definition) is 2. The van der Waals surface area contributed by atoms with E-state index in [1.807, 2.05) is 6.92 Å². The fraction of sp³-hybridized carbons (Fsp3) is 0.650. The van der Waals surface area contributed by atoms with Gasteiger partial charge in [0.1, 0.15) is 0 Å². The molecule has 0 aliphatic carbocycles. The number of phenolic OH excluding ortho intramolecular Hbond substituents is 1. The third-order valence-corrected chi connectivity index (χ3v) is 4.99. The zero-order chi connectivity index (χ0) is 21.4. The summed E-state index contributed by atoms with van der Waals surface area (Å²) in [6, 6.07) is 5.26. The number of nitrogens with one attached hydrogen (secondary N) is 1. The molecule has 1 aliphatic heterocycles. The van der Waals surface area contributed by atoms with Gasteiger partial charge in [-0.1, -0.05) is 19.1 Å². The Balaban J connectivity index is 2.01. The van der Waals surface area contributed by atoms with Gasteiger partial charge in [0, 0.05) is 31.7 Å². The quantitative estimate of drug-likeness (QED) is 0.504. The first-order valence-corrected chi connectivity index (χ1v) is 9.94. The van der Waals surface area contributed by atoms with Gasteiger partial charge in [0.25, 0.3) is 0 Å². The predicted molar refractivity (Wildman–Crippen MR) is 107 cm³/mol. The number of para-hydroxylation sites is 1. The zero-order valence-corrected chi connectivity index (χ0v) is 17.3. The van der Waals surface area contributed by atoms with E-state index in [2.05, 4.69) is 15.2 Å². The van der Waals surface area contributed by atoms with Crippen LogP contribution in [0.1, 0.15) is 25.8 Å². The molecule has 1 aromatic carbocycles. The van der Waals surface area contributed by atoms with Crippen LogP contribution >= 0.6 is 0 Å². The van der Waals surface area contributed by atoms with Crippen LogP contribution in [0.4, 0.5) is 13.2 Å². The number of hydrogen-bond acceptors (Lipinski definition) is 4. The molecule has 1 unspecified atom stereocenters.